The van der Waals surface area contributed by atoms with Crippen LogP contribution in [-0.4, -0.2) is 13.1 Å². The second kappa shape index (κ2) is 3.99. The van der Waals surface area contributed by atoms with E-state index in [1.165, 1.54) is 38.5 Å². The fourth-order valence-corrected chi connectivity index (χ4v) is 5.55. The summed E-state index contributed by atoms with van der Waals surface area (Å²) < 4.78 is 0. The molecule has 4 fully saturated rings. The number of rotatable bonds is 4. The molecule has 0 aliphatic heterocycles. The molecule has 0 aromatic carbocycles. The SMILES string of the molecule is NCCC(CN)C12CC3CC(CC(C3)C1)C2. The number of hydrogen-bond donors (Lipinski definition) is 2. The lowest BCUT2D eigenvalue weighted by Crippen LogP contribution is -2.51. The van der Waals surface area contributed by atoms with E-state index in [9.17, 15) is 0 Å². The highest BCUT2D eigenvalue weighted by Gasteiger charge is 2.53. The predicted molar refractivity (Wildman–Crippen MR) is 66.8 cm³/mol. The van der Waals surface area contributed by atoms with Crippen molar-refractivity contribution in [2.24, 2.45) is 40.6 Å². The largest absolute Gasteiger partial charge is 0.330 e. The molecule has 1 atom stereocenters. The maximum atomic E-state index is 6.02. The van der Waals surface area contributed by atoms with Crippen LogP contribution in [0.1, 0.15) is 44.9 Å². The van der Waals surface area contributed by atoms with Crippen molar-refractivity contribution in [2.75, 3.05) is 13.1 Å². The minimum absolute atomic E-state index is 0.614. The van der Waals surface area contributed by atoms with E-state index in [0.717, 1.165) is 37.3 Å². The lowest BCUT2D eigenvalue weighted by atomic mass is 9.46. The van der Waals surface area contributed by atoms with Crippen LogP contribution in [0.2, 0.25) is 0 Å². The van der Waals surface area contributed by atoms with E-state index in [1.54, 1.807) is 0 Å². The first kappa shape index (κ1) is 11.0. The predicted octanol–water partition coefficient (Wildman–Crippen LogP) is 2.13. The third-order valence-electron chi connectivity index (χ3n) is 5.75. The van der Waals surface area contributed by atoms with Crippen LogP contribution in [0.3, 0.4) is 0 Å². The Morgan fingerprint density at radius 3 is 1.81 bits per heavy atom. The highest BCUT2D eigenvalue weighted by molar-refractivity contribution is 5.04. The van der Waals surface area contributed by atoms with Gasteiger partial charge in [-0.3, -0.25) is 0 Å². The third-order valence-corrected chi connectivity index (χ3v) is 5.75. The quantitative estimate of drug-likeness (QED) is 0.765. The Morgan fingerprint density at radius 2 is 1.44 bits per heavy atom. The van der Waals surface area contributed by atoms with Crippen molar-refractivity contribution in [1.82, 2.24) is 0 Å². The summed E-state index contributed by atoms with van der Waals surface area (Å²) in [5, 5.41) is 0. The maximum Gasteiger partial charge on any atom is -0.00431 e. The van der Waals surface area contributed by atoms with Gasteiger partial charge in [0.1, 0.15) is 0 Å². The van der Waals surface area contributed by atoms with E-state index in [-0.39, 0.29) is 0 Å². The molecule has 92 valence electrons. The van der Waals surface area contributed by atoms with Crippen LogP contribution in [0, 0.1) is 29.1 Å². The first-order valence-corrected chi connectivity index (χ1v) is 7.16. The molecule has 0 aromatic rings. The average molecular weight is 222 g/mol. The Kier molecular flexibility index (Phi) is 2.75. The van der Waals surface area contributed by atoms with Crippen molar-refractivity contribution in [3.8, 4) is 0 Å². The van der Waals surface area contributed by atoms with E-state index in [2.05, 4.69) is 0 Å². The highest BCUT2D eigenvalue weighted by atomic mass is 14.7. The summed E-state index contributed by atoms with van der Waals surface area (Å²) >= 11 is 0. The average Bonchev–Trinajstić information content (AvgIpc) is 2.23. The van der Waals surface area contributed by atoms with Crippen LogP contribution in [0.4, 0.5) is 0 Å². The molecule has 0 heterocycles. The van der Waals surface area contributed by atoms with Crippen LogP contribution >= 0.6 is 0 Å². The Morgan fingerprint density at radius 1 is 0.938 bits per heavy atom. The van der Waals surface area contributed by atoms with E-state index in [0.29, 0.717) is 11.3 Å². The molecular weight excluding hydrogens is 196 g/mol. The monoisotopic (exact) mass is 222 g/mol. The minimum atomic E-state index is 0.614. The Bertz CT molecular complexity index is 226. The van der Waals surface area contributed by atoms with Crippen LogP contribution in [0.5, 0.6) is 0 Å². The maximum absolute atomic E-state index is 6.02. The van der Waals surface area contributed by atoms with Crippen molar-refractivity contribution in [3.05, 3.63) is 0 Å². The number of hydrogen-bond acceptors (Lipinski definition) is 2. The molecule has 0 amide bonds. The number of nitrogens with two attached hydrogens (primary N) is 2. The molecule has 0 radical (unpaired) electrons. The smallest absolute Gasteiger partial charge is 0.00431 e. The summed E-state index contributed by atoms with van der Waals surface area (Å²) in [7, 11) is 0. The summed E-state index contributed by atoms with van der Waals surface area (Å²) in [6.07, 6.45) is 10.2. The lowest BCUT2D eigenvalue weighted by molar-refractivity contribution is -0.0863. The van der Waals surface area contributed by atoms with Crippen LogP contribution in [-0.2, 0) is 0 Å². The fourth-order valence-electron chi connectivity index (χ4n) is 5.55. The van der Waals surface area contributed by atoms with Gasteiger partial charge in [0.25, 0.3) is 0 Å². The van der Waals surface area contributed by atoms with E-state index in [4.69, 9.17) is 11.5 Å². The summed E-state index contributed by atoms with van der Waals surface area (Å²) in [5.74, 6) is 3.83. The van der Waals surface area contributed by atoms with Crippen LogP contribution in [0.15, 0.2) is 0 Å². The van der Waals surface area contributed by atoms with Crippen molar-refractivity contribution >= 4 is 0 Å². The van der Waals surface area contributed by atoms with Gasteiger partial charge in [0.05, 0.1) is 0 Å². The first-order valence-electron chi connectivity index (χ1n) is 7.16. The van der Waals surface area contributed by atoms with Gasteiger partial charge >= 0.3 is 0 Å². The molecule has 4 N–H and O–H groups in total. The molecule has 4 aliphatic carbocycles. The van der Waals surface area contributed by atoms with Gasteiger partial charge in [-0.05, 0) is 87.1 Å². The van der Waals surface area contributed by atoms with E-state index in [1.807, 2.05) is 0 Å². The second-order valence-corrected chi connectivity index (χ2v) is 6.79. The van der Waals surface area contributed by atoms with Gasteiger partial charge in [0.2, 0.25) is 0 Å². The molecule has 0 spiro atoms. The summed E-state index contributed by atoms with van der Waals surface area (Å²) in [6.45, 7) is 1.69. The molecule has 4 aliphatic rings. The molecule has 16 heavy (non-hydrogen) atoms. The van der Waals surface area contributed by atoms with Crippen molar-refractivity contribution < 1.29 is 0 Å². The van der Waals surface area contributed by atoms with Crippen molar-refractivity contribution in [3.63, 3.8) is 0 Å². The molecule has 1 unspecified atom stereocenters. The molecule has 2 nitrogen and oxygen atoms in total. The molecule has 4 bridgehead atoms. The molecule has 0 saturated heterocycles. The topological polar surface area (TPSA) is 52.0 Å². The first-order chi connectivity index (χ1) is 7.75. The lowest BCUT2D eigenvalue weighted by Gasteiger charge is -2.59. The zero-order chi connectivity index (χ0) is 11.2. The summed E-state index contributed by atoms with van der Waals surface area (Å²) in [5.41, 5.74) is 12.4. The molecular formula is C14H26N2. The van der Waals surface area contributed by atoms with Gasteiger partial charge in [-0.15, -0.1) is 0 Å². The molecule has 4 saturated carbocycles. The normalized spacial score (nSPS) is 47.2. The van der Waals surface area contributed by atoms with Gasteiger partial charge in [0.15, 0.2) is 0 Å². The van der Waals surface area contributed by atoms with Gasteiger partial charge in [-0.2, -0.15) is 0 Å². The highest BCUT2D eigenvalue weighted by Crippen LogP contribution is 2.62. The molecule has 2 heteroatoms. The Balaban J connectivity index is 1.81. The second-order valence-electron chi connectivity index (χ2n) is 6.79. The van der Waals surface area contributed by atoms with Crippen LogP contribution in [0.25, 0.3) is 0 Å². The van der Waals surface area contributed by atoms with Crippen molar-refractivity contribution in [2.45, 2.75) is 44.9 Å². The summed E-state index contributed by atoms with van der Waals surface area (Å²) in [6, 6.07) is 0. The van der Waals surface area contributed by atoms with Gasteiger partial charge in [-0.1, -0.05) is 0 Å². The van der Waals surface area contributed by atoms with E-state index < -0.39 is 0 Å². The Labute approximate surface area is 99.1 Å². The molecule has 0 aromatic heterocycles. The minimum Gasteiger partial charge on any atom is -0.330 e. The zero-order valence-corrected chi connectivity index (χ0v) is 10.3. The standard InChI is InChI=1S/C14H26N2/c15-2-1-13(9-16)14-6-10-3-11(7-14)5-12(4-10)8-14/h10-13H,1-9,15-16H2. The summed E-state index contributed by atoms with van der Waals surface area (Å²) in [4.78, 5) is 0. The van der Waals surface area contributed by atoms with Crippen molar-refractivity contribution in [1.29, 1.82) is 0 Å². The van der Waals surface area contributed by atoms with Gasteiger partial charge in [-0.25, -0.2) is 0 Å². The van der Waals surface area contributed by atoms with Gasteiger partial charge < -0.3 is 11.5 Å². The zero-order valence-electron chi connectivity index (χ0n) is 10.3. The van der Waals surface area contributed by atoms with Gasteiger partial charge in [0, 0.05) is 0 Å². The fraction of sp³-hybridized carbons (Fsp3) is 1.00. The van der Waals surface area contributed by atoms with E-state index >= 15 is 0 Å². The molecule has 4 rings (SSSR count). The third kappa shape index (κ3) is 1.62. The van der Waals surface area contributed by atoms with Crippen LogP contribution < -0.4 is 11.5 Å². The Hall–Kier alpha value is -0.0800.